The summed E-state index contributed by atoms with van der Waals surface area (Å²) >= 11 is 1.54. The molecular weight excluding hydrogens is 486 g/mol. The maximum atomic E-state index is 12.8. The summed E-state index contributed by atoms with van der Waals surface area (Å²) in [5.41, 5.74) is 4.90. The van der Waals surface area contributed by atoms with Crippen molar-refractivity contribution in [1.29, 1.82) is 0 Å². The molecule has 4 aromatic rings. The Morgan fingerprint density at radius 2 is 1.81 bits per heavy atom. The summed E-state index contributed by atoms with van der Waals surface area (Å²) in [6.07, 6.45) is 9.25. The van der Waals surface area contributed by atoms with Crippen LogP contribution in [0.5, 0.6) is 0 Å². The zero-order valence-corrected chi connectivity index (χ0v) is 21.1. The molecule has 0 aliphatic rings. The molecule has 2 aromatic carbocycles. The molecule has 0 aliphatic heterocycles. The number of hydroxylamine groups is 1. The Morgan fingerprint density at radius 3 is 2.65 bits per heavy atom. The third-order valence-corrected chi connectivity index (χ3v) is 6.83. The van der Waals surface area contributed by atoms with Gasteiger partial charge in [-0.1, -0.05) is 42.8 Å². The molecule has 4 rings (SSSR count). The van der Waals surface area contributed by atoms with Crippen LogP contribution >= 0.6 is 11.8 Å². The second kappa shape index (κ2) is 13.4. The highest BCUT2D eigenvalue weighted by Crippen LogP contribution is 2.33. The average Bonchev–Trinajstić information content (AvgIpc) is 3.34. The highest BCUT2D eigenvalue weighted by Gasteiger charge is 2.13. The normalized spacial score (nSPS) is 11.2. The summed E-state index contributed by atoms with van der Waals surface area (Å²) < 4.78 is 0. The van der Waals surface area contributed by atoms with E-state index in [0.717, 1.165) is 51.3 Å². The fourth-order valence-electron chi connectivity index (χ4n) is 3.84. The lowest BCUT2D eigenvalue weighted by Gasteiger charge is -2.10. The van der Waals surface area contributed by atoms with Crippen molar-refractivity contribution in [2.24, 2.45) is 0 Å². The van der Waals surface area contributed by atoms with Gasteiger partial charge in [0, 0.05) is 34.3 Å². The van der Waals surface area contributed by atoms with Gasteiger partial charge in [-0.25, -0.2) is 5.48 Å². The molecule has 0 saturated heterocycles. The van der Waals surface area contributed by atoms with E-state index >= 15 is 0 Å². The van der Waals surface area contributed by atoms with Crippen molar-refractivity contribution in [2.75, 3.05) is 6.54 Å². The summed E-state index contributed by atoms with van der Waals surface area (Å²) in [5, 5.41) is 20.0. The van der Waals surface area contributed by atoms with E-state index in [1.54, 1.807) is 11.7 Å². The lowest BCUT2D eigenvalue weighted by atomic mass is 10.1. The lowest BCUT2D eigenvalue weighted by Crippen LogP contribution is -2.25. The highest BCUT2D eigenvalue weighted by atomic mass is 32.2. The standard InChI is InChI=1S/C28H29N5O3S/c34-27(33-36)12-3-1-2-7-18-30-28(35)23-10-4-5-11-26(23)37-21-14-15-22-24(31-32-25(22)19-21)16-13-20-9-6-8-17-29-20/h4-6,8-11,13-17,19,36H,1-3,7,12,18H2,(H,30,35)(H,31,32)(H,33,34)/b16-13+. The molecule has 0 saturated carbocycles. The van der Waals surface area contributed by atoms with Crippen molar-refractivity contribution < 1.29 is 14.8 Å². The number of H-pyrrole nitrogens is 1. The maximum absolute atomic E-state index is 12.8. The zero-order valence-electron chi connectivity index (χ0n) is 20.3. The maximum Gasteiger partial charge on any atom is 0.252 e. The van der Waals surface area contributed by atoms with E-state index in [1.165, 1.54) is 11.8 Å². The topological polar surface area (TPSA) is 120 Å². The molecule has 2 aromatic heterocycles. The first kappa shape index (κ1) is 26.1. The first-order valence-corrected chi connectivity index (χ1v) is 13.0. The SMILES string of the molecule is O=C(CCCCCCNC(=O)c1ccccc1Sc1ccc2c(/C=C/c3ccccn3)n[nH]c2c1)NO. The van der Waals surface area contributed by atoms with Crippen LogP contribution in [-0.4, -0.2) is 38.7 Å². The third-order valence-electron chi connectivity index (χ3n) is 5.76. The number of aromatic amines is 1. The van der Waals surface area contributed by atoms with Crippen LogP contribution in [0.2, 0.25) is 0 Å². The van der Waals surface area contributed by atoms with Gasteiger partial charge in [0.1, 0.15) is 0 Å². The molecule has 0 spiro atoms. The van der Waals surface area contributed by atoms with Crippen molar-refractivity contribution in [3.63, 3.8) is 0 Å². The molecule has 0 unspecified atom stereocenters. The predicted octanol–water partition coefficient (Wildman–Crippen LogP) is 5.47. The number of unbranched alkanes of at least 4 members (excludes halogenated alkanes) is 3. The Bertz CT molecular complexity index is 1370. The number of rotatable bonds is 12. The number of nitrogens with zero attached hydrogens (tertiary/aromatic N) is 2. The van der Waals surface area contributed by atoms with Crippen LogP contribution in [0.25, 0.3) is 23.1 Å². The minimum absolute atomic E-state index is 0.104. The molecular formula is C28H29N5O3S. The Morgan fingerprint density at radius 1 is 0.973 bits per heavy atom. The van der Waals surface area contributed by atoms with Gasteiger partial charge in [-0.2, -0.15) is 5.10 Å². The van der Waals surface area contributed by atoms with Crippen LogP contribution in [0.15, 0.2) is 76.7 Å². The fraction of sp³-hybridized carbons (Fsp3) is 0.214. The monoisotopic (exact) mass is 515 g/mol. The fourth-order valence-corrected chi connectivity index (χ4v) is 4.82. The zero-order chi connectivity index (χ0) is 25.9. The molecule has 8 nitrogen and oxygen atoms in total. The predicted molar refractivity (Wildman–Crippen MR) is 145 cm³/mol. The van der Waals surface area contributed by atoms with Crippen molar-refractivity contribution in [3.05, 3.63) is 83.8 Å². The summed E-state index contributed by atoms with van der Waals surface area (Å²) in [4.78, 5) is 30.1. The number of aromatic nitrogens is 3. The number of hydrogen-bond donors (Lipinski definition) is 4. The van der Waals surface area contributed by atoms with Gasteiger partial charge in [-0.15, -0.1) is 0 Å². The van der Waals surface area contributed by atoms with E-state index < -0.39 is 0 Å². The molecule has 2 heterocycles. The van der Waals surface area contributed by atoms with Gasteiger partial charge in [0.15, 0.2) is 0 Å². The molecule has 2 amide bonds. The van der Waals surface area contributed by atoms with E-state index in [0.29, 0.717) is 24.9 Å². The van der Waals surface area contributed by atoms with Gasteiger partial charge >= 0.3 is 0 Å². The van der Waals surface area contributed by atoms with Gasteiger partial charge in [0.2, 0.25) is 5.91 Å². The van der Waals surface area contributed by atoms with Crippen molar-refractivity contribution in [2.45, 2.75) is 41.9 Å². The van der Waals surface area contributed by atoms with Gasteiger partial charge in [0.25, 0.3) is 5.91 Å². The highest BCUT2D eigenvalue weighted by molar-refractivity contribution is 7.99. The molecule has 37 heavy (non-hydrogen) atoms. The Hall–Kier alpha value is -3.95. The van der Waals surface area contributed by atoms with E-state index in [9.17, 15) is 9.59 Å². The number of benzene rings is 2. The average molecular weight is 516 g/mol. The molecule has 0 atom stereocenters. The molecule has 190 valence electrons. The number of nitrogens with one attached hydrogen (secondary N) is 3. The summed E-state index contributed by atoms with van der Waals surface area (Å²) in [5.74, 6) is -0.473. The summed E-state index contributed by atoms with van der Waals surface area (Å²) in [6, 6.07) is 19.5. The van der Waals surface area contributed by atoms with E-state index in [4.69, 9.17) is 5.21 Å². The Balaban J connectivity index is 1.34. The smallest absolute Gasteiger partial charge is 0.252 e. The first-order valence-electron chi connectivity index (χ1n) is 12.2. The number of carbonyl (C=O) groups is 2. The van der Waals surface area contributed by atoms with Gasteiger partial charge in [-0.05, 0) is 67.5 Å². The van der Waals surface area contributed by atoms with Crippen LogP contribution in [0.4, 0.5) is 0 Å². The molecule has 0 radical (unpaired) electrons. The number of hydrogen-bond acceptors (Lipinski definition) is 6. The van der Waals surface area contributed by atoms with Crippen molar-refractivity contribution in [1.82, 2.24) is 26.0 Å². The molecule has 0 bridgehead atoms. The number of fused-ring (bicyclic) bond motifs is 1. The van der Waals surface area contributed by atoms with Gasteiger partial charge in [0.05, 0.1) is 22.5 Å². The van der Waals surface area contributed by atoms with Crippen molar-refractivity contribution in [3.8, 4) is 0 Å². The van der Waals surface area contributed by atoms with Crippen LogP contribution in [0.1, 0.15) is 53.8 Å². The molecule has 4 N–H and O–H groups in total. The minimum Gasteiger partial charge on any atom is -0.352 e. The summed E-state index contributed by atoms with van der Waals surface area (Å²) in [7, 11) is 0. The van der Waals surface area contributed by atoms with Crippen LogP contribution in [-0.2, 0) is 4.79 Å². The van der Waals surface area contributed by atoms with Crippen LogP contribution in [0, 0.1) is 0 Å². The quantitative estimate of drug-likeness (QED) is 0.113. The second-order valence-electron chi connectivity index (χ2n) is 8.46. The Kier molecular flexibility index (Phi) is 9.45. The molecule has 0 aliphatic carbocycles. The van der Waals surface area contributed by atoms with Gasteiger partial charge in [-0.3, -0.25) is 24.9 Å². The largest absolute Gasteiger partial charge is 0.352 e. The number of carbonyl (C=O) groups excluding carboxylic acids is 2. The van der Waals surface area contributed by atoms with Gasteiger partial charge < -0.3 is 5.32 Å². The lowest BCUT2D eigenvalue weighted by molar-refractivity contribution is -0.129. The summed E-state index contributed by atoms with van der Waals surface area (Å²) in [6.45, 7) is 0.568. The third kappa shape index (κ3) is 7.52. The van der Waals surface area contributed by atoms with Crippen LogP contribution < -0.4 is 10.8 Å². The molecule has 0 fully saturated rings. The van der Waals surface area contributed by atoms with E-state index in [-0.39, 0.29) is 11.8 Å². The number of amides is 2. The first-order chi connectivity index (χ1) is 18.1. The van der Waals surface area contributed by atoms with Crippen LogP contribution in [0.3, 0.4) is 0 Å². The van der Waals surface area contributed by atoms with E-state index in [2.05, 4.69) is 20.5 Å². The molecule has 9 heteroatoms. The van der Waals surface area contributed by atoms with Crippen molar-refractivity contribution >= 4 is 46.6 Å². The second-order valence-corrected chi connectivity index (χ2v) is 9.57. The Labute approximate surface area is 219 Å². The number of pyridine rings is 1. The minimum atomic E-state index is -0.369. The van der Waals surface area contributed by atoms with E-state index in [1.807, 2.05) is 72.8 Å².